The zero-order valence-electron chi connectivity index (χ0n) is 15.6. The first-order chi connectivity index (χ1) is 12.3. The van der Waals surface area contributed by atoms with Crippen LogP contribution in [0.5, 0.6) is 0 Å². The van der Waals surface area contributed by atoms with Crippen LogP contribution in [0.4, 0.5) is 5.69 Å². The number of carbonyl (C=O) groups is 2. The van der Waals surface area contributed by atoms with Crippen LogP contribution in [0.3, 0.4) is 0 Å². The van der Waals surface area contributed by atoms with E-state index in [0.29, 0.717) is 38.3 Å². The van der Waals surface area contributed by atoms with Crippen LogP contribution in [0.15, 0.2) is 18.2 Å². The number of carbonyl (C=O) groups excluding carboxylic acids is 2. The molecule has 1 heterocycles. The van der Waals surface area contributed by atoms with E-state index in [9.17, 15) is 18.0 Å². The Kier molecular flexibility index (Phi) is 6.63. The van der Waals surface area contributed by atoms with Gasteiger partial charge in [0.05, 0.1) is 11.9 Å². The van der Waals surface area contributed by atoms with Crippen LogP contribution in [-0.2, 0) is 26.0 Å². The molecule has 8 heteroatoms. The fourth-order valence-electron chi connectivity index (χ4n) is 3.24. The molecule has 0 aromatic heterocycles. The summed E-state index contributed by atoms with van der Waals surface area (Å²) in [5.41, 5.74) is 2.50. The Bertz CT molecular complexity index is 756. The SMILES string of the molecule is CCc1cccc(C)c1N(CCC(=O)N1CCN(C=O)CC1)S(C)(=O)=O. The highest BCUT2D eigenvalue weighted by atomic mass is 32.2. The summed E-state index contributed by atoms with van der Waals surface area (Å²) in [6.45, 7) is 5.99. The van der Waals surface area contributed by atoms with Crippen molar-refractivity contribution < 1.29 is 18.0 Å². The molecule has 0 atom stereocenters. The van der Waals surface area contributed by atoms with Crippen molar-refractivity contribution in [2.24, 2.45) is 0 Å². The van der Waals surface area contributed by atoms with Crippen LogP contribution in [-0.4, -0.2) is 69.5 Å². The Morgan fingerprint density at radius 2 is 1.88 bits per heavy atom. The van der Waals surface area contributed by atoms with Gasteiger partial charge in [-0.15, -0.1) is 0 Å². The predicted octanol–water partition coefficient (Wildman–Crippen LogP) is 1.01. The van der Waals surface area contributed by atoms with E-state index in [0.717, 1.165) is 17.5 Å². The number of benzene rings is 1. The van der Waals surface area contributed by atoms with Gasteiger partial charge in [0.15, 0.2) is 0 Å². The molecule has 1 aliphatic heterocycles. The highest BCUT2D eigenvalue weighted by molar-refractivity contribution is 7.92. The molecule has 0 N–H and O–H groups in total. The topological polar surface area (TPSA) is 78.0 Å². The van der Waals surface area contributed by atoms with E-state index in [-0.39, 0.29) is 18.9 Å². The molecule has 1 aromatic rings. The van der Waals surface area contributed by atoms with Crippen LogP contribution in [0.25, 0.3) is 0 Å². The minimum Gasteiger partial charge on any atom is -0.342 e. The van der Waals surface area contributed by atoms with Crippen molar-refractivity contribution in [2.45, 2.75) is 26.7 Å². The second kappa shape index (κ2) is 8.53. The van der Waals surface area contributed by atoms with Crippen molar-refractivity contribution in [3.63, 3.8) is 0 Å². The number of para-hydroxylation sites is 1. The maximum atomic E-state index is 12.5. The molecule has 7 nitrogen and oxygen atoms in total. The Labute approximate surface area is 155 Å². The number of piperazine rings is 1. The molecule has 144 valence electrons. The fraction of sp³-hybridized carbons (Fsp3) is 0.556. The number of amides is 2. The average Bonchev–Trinajstić information content (AvgIpc) is 2.61. The summed E-state index contributed by atoms with van der Waals surface area (Å²) in [6.07, 6.45) is 2.79. The Morgan fingerprint density at radius 3 is 2.42 bits per heavy atom. The average molecular weight is 381 g/mol. The van der Waals surface area contributed by atoms with E-state index in [1.165, 1.54) is 10.6 Å². The largest absolute Gasteiger partial charge is 0.342 e. The highest BCUT2D eigenvalue weighted by Crippen LogP contribution is 2.28. The molecule has 0 saturated carbocycles. The molecular formula is C18H27N3O4S. The van der Waals surface area contributed by atoms with Crippen LogP contribution in [0, 0.1) is 6.92 Å². The van der Waals surface area contributed by atoms with E-state index in [4.69, 9.17) is 0 Å². The van der Waals surface area contributed by atoms with Crippen molar-refractivity contribution in [3.05, 3.63) is 29.3 Å². The van der Waals surface area contributed by atoms with Crippen molar-refractivity contribution in [3.8, 4) is 0 Å². The number of sulfonamides is 1. The van der Waals surface area contributed by atoms with Gasteiger partial charge in [-0.05, 0) is 24.5 Å². The summed E-state index contributed by atoms with van der Waals surface area (Å²) in [7, 11) is -3.50. The van der Waals surface area contributed by atoms with Crippen molar-refractivity contribution in [1.82, 2.24) is 9.80 Å². The standard InChI is InChI=1S/C18H27N3O4S/c1-4-16-7-5-6-15(2)18(16)21(26(3,24)25)9-8-17(23)20-12-10-19(14-22)11-13-20/h5-7,14H,4,8-13H2,1-3H3. The molecule has 2 amide bonds. The molecule has 26 heavy (non-hydrogen) atoms. The molecule has 0 unspecified atom stereocenters. The number of aryl methyl sites for hydroxylation is 2. The van der Waals surface area contributed by atoms with E-state index >= 15 is 0 Å². The van der Waals surface area contributed by atoms with Crippen LogP contribution in [0.2, 0.25) is 0 Å². The summed E-state index contributed by atoms with van der Waals surface area (Å²) in [5, 5.41) is 0. The lowest BCUT2D eigenvalue weighted by molar-refractivity contribution is -0.134. The first-order valence-electron chi connectivity index (χ1n) is 8.81. The van der Waals surface area contributed by atoms with Crippen LogP contribution < -0.4 is 4.31 Å². The Balaban J connectivity index is 2.13. The number of rotatable bonds is 7. The van der Waals surface area contributed by atoms with Crippen LogP contribution >= 0.6 is 0 Å². The number of anilines is 1. The molecule has 1 aliphatic rings. The summed E-state index contributed by atoms with van der Waals surface area (Å²) < 4.78 is 26.1. The van der Waals surface area contributed by atoms with Gasteiger partial charge >= 0.3 is 0 Å². The van der Waals surface area contributed by atoms with E-state index in [1.807, 2.05) is 32.0 Å². The smallest absolute Gasteiger partial charge is 0.232 e. The van der Waals surface area contributed by atoms with Gasteiger partial charge in [-0.2, -0.15) is 0 Å². The van der Waals surface area contributed by atoms with Gasteiger partial charge in [0.25, 0.3) is 0 Å². The highest BCUT2D eigenvalue weighted by Gasteiger charge is 2.25. The second-order valence-corrected chi connectivity index (χ2v) is 8.45. The van der Waals surface area contributed by atoms with Gasteiger partial charge in [0.2, 0.25) is 22.3 Å². The second-order valence-electron chi connectivity index (χ2n) is 6.54. The molecule has 1 fully saturated rings. The van der Waals surface area contributed by atoms with Gasteiger partial charge in [-0.25, -0.2) is 8.42 Å². The minimum atomic E-state index is -3.50. The lowest BCUT2D eigenvalue weighted by atomic mass is 10.1. The van der Waals surface area contributed by atoms with Gasteiger partial charge in [-0.1, -0.05) is 25.1 Å². The number of hydrogen-bond donors (Lipinski definition) is 0. The third-order valence-electron chi connectivity index (χ3n) is 4.70. The lowest BCUT2D eigenvalue weighted by Gasteiger charge is -2.33. The fourth-order valence-corrected chi connectivity index (χ4v) is 4.25. The number of nitrogens with zero attached hydrogens (tertiary/aromatic N) is 3. The molecule has 1 saturated heterocycles. The molecule has 0 spiro atoms. The van der Waals surface area contributed by atoms with E-state index in [2.05, 4.69) is 0 Å². The molecule has 0 bridgehead atoms. The molecule has 2 rings (SSSR count). The monoisotopic (exact) mass is 381 g/mol. The van der Waals surface area contributed by atoms with Crippen molar-refractivity contribution in [1.29, 1.82) is 0 Å². The van der Waals surface area contributed by atoms with Crippen molar-refractivity contribution in [2.75, 3.05) is 43.3 Å². The maximum Gasteiger partial charge on any atom is 0.232 e. The Morgan fingerprint density at radius 1 is 1.23 bits per heavy atom. The first-order valence-corrected chi connectivity index (χ1v) is 10.7. The summed E-state index contributed by atoms with van der Waals surface area (Å²) in [4.78, 5) is 26.6. The molecule has 0 aliphatic carbocycles. The molecule has 1 aromatic carbocycles. The quantitative estimate of drug-likeness (QED) is 0.661. The van der Waals surface area contributed by atoms with Crippen molar-refractivity contribution >= 4 is 28.0 Å². The van der Waals surface area contributed by atoms with E-state index in [1.54, 1.807) is 9.80 Å². The van der Waals surface area contributed by atoms with Gasteiger partial charge in [-0.3, -0.25) is 13.9 Å². The lowest BCUT2D eigenvalue weighted by Crippen LogP contribution is -2.48. The van der Waals surface area contributed by atoms with Gasteiger partial charge < -0.3 is 9.80 Å². The third kappa shape index (κ3) is 4.75. The Hall–Kier alpha value is -2.09. The maximum absolute atomic E-state index is 12.5. The summed E-state index contributed by atoms with van der Waals surface area (Å²) in [5.74, 6) is -0.0872. The molecule has 0 radical (unpaired) electrons. The van der Waals surface area contributed by atoms with Gasteiger partial charge in [0, 0.05) is 39.1 Å². The number of hydrogen-bond acceptors (Lipinski definition) is 4. The predicted molar refractivity (Wildman–Crippen MR) is 102 cm³/mol. The zero-order chi connectivity index (χ0) is 19.3. The summed E-state index contributed by atoms with van der Waals surface area (Å²) in [6, 6.07) is 5.71. The normalized spacial score (nSPS) is 15.0. The van der Waals surface area contributed by atoms with Crippen LogP contribution in [0.1, 0.15) is 24.5 Å². The minimum absolute atomic E-state index is 0.0872. The molecular weight excluding hydrogens is 354 g/mol. The first kappa shape index (κ1) is 20.2. The zero-order valence-corrected chi connectivity index (χ0v) is 16.5. The van der Waals surface area contributed by atoms with E-state index < -0.39 is 10.0 Å². The summed E-state index contributed by atoms with van der Waals surface area (Å²) >= 11 is 0. The third-order valence-corrected chi connectivity index (χ3v) is 5.86. The van der Waals surface area contributed by atoms with Gasteiger partial charge in [0.1, 0.15) is 0 Å².